The Morgan fingerprint density at radius 1 is 1.28 bits per heavy atom. The van der Waals surface area contributed by atoms with Crippen molar-refractivity contribution in [3.8, 4) is 5.75 Å². The average molecular weight is 359 g/mol. The van der Waals surface area contributed by atoms with Gasteiger partial charge in [0.15, 0.2) is 0 Å². The quantitative estimate of drug-likeness (QED) is 0.774. The molecule has 1 heterocycles. The lowest BCUT2D eigenvalue weighted by Crippen LogP contribution is -2.34. The van der Waals surface area contributed by atoms with E-state index in [1.54, 1.807) is 49.4 Å². The molecule has 1 amide bonds. The van der Waals surface area contributed by atoms with E-state index >= 15 is 0 Å². The van der Waals surface area contributed by atoms with E-state index in [4.69, 9.17) is 16.3 Å². The molecule has 8 heteroatoms. The zero-order chi connectivity index (χ0) is 18.0. The molecule has 1 aromatic heterocycles. The summed E-state index contributed by atoms with van der Waals surface area (Å²) in [5.74, 6) is 0.0947. The molecule has 0 spiro atoms. The van der Waals surface area contributed by atoms with Crippen molar-refractivity contribution in [1.29, 1.82) is 0 Å². The maximum absolute atomic E-state index is 12.5. The number of hydrogen-bond acceptors (Lipinski definition) is 5. The smallest absolute Gasteiger partial charge is 0.278 e. The molecule has 0 bridgehead atoms. The van der Waals surface area contributed by atoms with Crippen LogP contribution in [0.2, 0.25) is 5.02 Å². The highest BCUT2D eigenvalue weighted by Gasteiger charge is 2.19. The third-order valence-corrected chi connectivity index (χ3v) is 4.05. The van der Waals surface area contributed by atoms with Crippen molar-refractivity contribution >= 4 is 34.1 Å². The lowest BCUT2D eigenvalue weighted by atomic mass is 10.2. The number of carbonyl (C=O) groups is 1. The summed E-state index contributed by atoms with van der Waals surface area (Å²) < 4.78 is 6.13. The molecule has 0 saturated heterocycles. The number of methoxy groups -OCH3 is 1. The first-order valence-corrected chi connectivity index (χ1v) is 7.87. The van der Waals surface area contributed by atoms with Gasteiger partial charge in [-0.05, 0) is 37.3 Å². The fraction of sp³-hybridized carbons (Fsp3) is 0.176. The highest BCUT2D eigenvalue weighted by molar-refractivity contribution is 6.32. The van der Waals surface area contributed by atoms with Crippen molar-refractivity contribution < 1.29 is 9.53 Å². The van der Waals surface area contributed by atoms with Gasteiger partial charge in [0.25, 0.3) is 5.56 Å². The Morgan fingerprint density at radius 2 is 2.04 bits per heavy atom. The molecule has 0 saturated carbocycles. The van der Waals surface area contributed by atoms with Crippen molar-refractivity contribution in [1.82, 2.24) is 15.0 Å². The average Bonchev–Trinajstić information content (AvgIpc) is 2.62. The summed E-state index contributed by atoms with van der Waals surface area (Å²) in [5.41, 5.74) is 0.601. The standard InChI is InChI=1S/C17H15ClN4O3/c1-10(16(23)19-11-7-8-15(25-2)13(18)9-11)22-17(24)12-5-3-4-6-14(12)20-21-22/h3-10H,1-2H3,(H,19,23)/t10-/m1/s1. The van der Waals surface area contributed by atoms with Gasteiger partial charge in [-0.25, -0.2) is 0 Å². The molecule has 0 aliphatic heterocycles. The summed E-state index contributed by atoms with van der Waals surface area (Å²) >= 11 is 6.05. The summed E-state index contributed by atoms with van der Waals surface area (Å²) in [6.45, 7) is 1.57. The number of aromatic nitrogens is 3. The van der Waals surface area contributed by atoms with E-state index in [9.17, 15) is 9.59 Å². The van der Waals surface area contributed by atoms with Gasteiger partial charge in [0, 0.05) is 5.69 Å². The zero-order valence-electron chi connectivity index (χ0n) is 13.6. The summed E-state index contributed by atoms with van der Waals surface area (Å²) in [6, 6.07) is 10.9. The first-order chi connectivity index (χ1) is 12.0. The molecule has 0 aliphatic carbocycles. The van der Waals surface area contributed by atoms with Crippen LogP contribution in [0.4, 0.5) is 5.69 Å². The van der Waals surface area contributed by atoms with Gasteiger partial charge < -0.3 is 10.1 Å². The van der Waals surface area contributed by atoms with Crippen molar-refractivity contribution in [2.45, 2.75) is 13.0 Å². The minimum Gasteiger partial charge on any atom is -0.495 e. The van der Waals surface area contributed by atoms with E-state index in [0.29, 0.717) is 27.4 Å². The third kappa shape index (κ3) is 3.32. The molecule has 25 heavy (non-hydrogen) atoms. The van der Waals surface area contributed by atoms with Gasteiger partial charge in [-0.2, -0.15) is 4.68 Å². The number of rotatable bonds is 4. The van der Waals surface area contributed by atoms with Crippen LogP contribution in [0.15, 0.2) is 47.3 Å². The number of nitrogens with one attached hydrogen (secondary N) is 1. The molecular formula is C17H15ClN4O3. The maximum atomic E-state index is 12.5. The Hall–Kier alpha value is -2.93. The summed E-state index contributed by atoms with van der Waals surface area (Å²) in [7, 11) is 1.51. The molecule has 1 N–H and O–H groups in total. The molecule has 0 radical (unpaired) electrons. The normalized spacial score (nSPS) is 12.0. The van der Waals surface area contributed by atoms with E-state index < -0.39 is 11.9 Å². The van der Waals surface area contributed by atoms with E-state index in [1.165, 1.54) is 7.11 Å². The second-order valence-electron chi connectivity index (χ2n) is 5.37. The van der Waals surface area contributed by atoms with Gasteiger partial charge in [0.05, 0.1) is 17.5 Å². The van der Waals surface area contributed by atoms with Gasteiger partial charge in [-0.3, -0.25) is 9.59 Å². The van der Waals surface area contributed by atoms with E-state index in [0.717, 1.165) is 4.68 Å². The lowest BCUT2D eigenvalue weighted by Gasteiger charge is -2.14. The minimum atomic E-state index is -0.842. The molecule has 3 aromatic rings. The number of fused-ring (bicyclic) bond motifs is 1. The van der Waals surface area contributed by atoms with Gasteiger partial charge >= 0.3 is 0 Å². The highest BCUT2D eigenvalue weighted by atomic mass is 35.5. The van der Waals surface area contributed by atoms with Gasteiger partial charge in [0.2, 0.25) is 5.91 Å². The van der Waals surface area contributed by atoms with Gasteiger partial charge in [-0.15, -0.1) is 5.10 Å². The number of carbonyl (C=O) groups excluding carboxylic acids is 1. The molecular weight excluding hydrogens is 344 g/mol. The number of ether oxygens (including phenoxy) is 1. The molecule has 128 valence electrons. The molecule has 0 aliphatic rings. The Labute approximate surface area is 148 Å². The number of halogens is 1. The largest absolute Gasteiger partial charge is 0.495 e. The second-order valence-corrected chi connectivity index (χ2v) is 5.78. The van der Waals surface area contributed by atoms with Crippen molar-refractivity contribution in [2.75, 3.05) is 12.4 Å². The second kappa shape index (κ2) is 6.90. The van der Waals surface area contributed by atoms with E-state index in [2.05, 4.69) is 15.6 Å². The lowest BCUT2D eigenvalue weighted by molar-refractivity contribution is -0.119. The topological polar surface area (TPSA) is 86.1 Å². The first-order valence-electron chi connectivity index (χ1n) is 7.50. The van der Waals surface area contributed by atoms with Crippen LogP contribution in [-0.4, -0.2) is 28.0 Å². The Bertz CT molecular complexity index is 1000. The van der Waals surface area contributed by atoms with Crippen molar-refractivity contribution in [3.63, 3.8) is 0 Å². The Morgan fingerprint density at radius 3 is 2.76 bits per heavy atom. The number of hydrogen-bond donors (Lipinski definition) is 1. The molecule has 7 nitrogen and oxygen atoms in total. The number of nitrogens with zero attached hydrogens (tertiary/aromatic N) is 3. The monoisotopic (exact) mass is 358 g/mol. The van der Waals surface area contributed by atoms with Crippen LogP contribution in [0.5, 0.6) is 5.75 Å². The van der Waals surface area contributed by atoms with Gasteiger partial charge in [-0.1, -0.05) is 28.9 Å². The minimum absolute atomic E-state index is 0.371. The first kappa shape index (κ1) is 16.9. The molecule has 3 rings (SSSR count). The molecule has 1 atom stereocenters. The molecule has 2 aromatic carbocycles. The SMILES string of the molecule is COc1ccc(NC(=O)[C@@H](C)n2nnc3ccccc3c2=O)cc1Cl. The molecule has 0 unspecified atom stereocenters. The van der Waals surface area contributed by atoms with Crippen LogP contribution in [0.25, 0.3) is 10.9 Å². The Balaban J connectivity index is 1.87. The summed E-state index contributed by atoms with van der Waals surface area (Å²) in [4.78, 5) is 25.0. The fourth-order valence-electron chi connectivity index (χ4n) is 2.36. The third-order valence-electron chi connectivity index (χ3n) is 3.76. The zero-order valence-corrected chi connectivity index (χ0v) is 14.3. The summed E-state index contributed by atoms with van der Waals surface area (Å²) in [5, 5.41) is 11.3. The van der Waals surface area contributed by atoms with Gasteiger partial charge in [0.1, 0.15) is 17.3 Å². The van der Waals surface area contributed by atoms with Crippen LogP contribution >= 0.6 is 11.6 Å². The fourth-order valence-corrected chi connectivity index (χ4v) is 2.62. The van der Waals surface area contributed by atoms with Crippen LogP contribution in [0.3, 0.4) is 0 Å². The predicted octanol–water partition coefficient (Wildman–Crippen LogP) is 2.65. The van der Waals surface area contributed by atoms with E-state index in [1.807, 2.05) is 0 Å². The van der Waals surface area contributed by atoms with Crippen molar-refractivity contribution in [2.24, 2.45) is 0 Å². The molecule has 0 fully saturated rings. The number of amides is 1. The number of benzene rings is 2. The van der Waals surface area contributed by atoms with Crippen LogP contribution in [0.1, 0.15) is 13.0 Å². The van der Waals surface area contributed by atoms with E-state index in [-0.39, 0.29) is 5.56 Å². The Kier molecular flexibility index (Phi) is 4.67. The van der Waals surface area contributed by atoms with Crippen LogP contribution < -0.4 is 15.6 Å². The maximum Gasteiger partial charge on any atom is 0.278 e. The predicted molar refractivity (Wildman–Crippen MR) is 95.1 cm³/mol. The number of anilines is 1. The van der Waals surface area contributed by atoms with Crippen LogP contribution in [-0.2, 0) is 4.79 Å². The van der Waals surface area contributed by atoms with Crippen LogP contribution in [0, 0.1) is 0 Å². The highest BCUT2D eigenvalue weighted by Crippen LogP contribution is 2.27. The summed E-state index contributed by atoms with van der Waals surface area (Å²) in [6.07, 6.45) is 0. The van der Waals surface area contributed by atoms with Crippen molar-refractivity contribution in [3.05, 3.63) is 57.8 Å².